The van der Waals surface area contributed by atoms with Gasteiger partial charge in [-0.15, -0.1) is 23.5 Å². The van der Waals surface area contributed by atoms with E-state index >= 15 is 0 Å². The van der Waals surface area contributed by atoms with Crippen molar-refractivity contribution in [3.05, 3.63) is 47.7 Å². The second-order valence-electron chi connectivity index (χ2n) is 7.07. The van der Waals surface area contributed by atoms with E-state index in [-0.39, 0.29) is 9.99 Å². The molecule has 0 aromatic rings. The molecular formula is C20H25NOS2. The van der Waals surface area contributed by atoms with Gasteiger partial charge in [-0.25, -0.2) is 0 Å². The summed E-state index contributed by atoms with van der Waals surface area (Å²) in [6.45, 7) is 5.77. The molecule has 24 heavy (non-hydrogen) atoms. The van der Waals surface area contributed by atoms with Gasteiger partial charge in [-0.2, -0.15) is 0 Å². The van der Waals surface area contributed by atoms with Gasteiger partial charge in [-0.3, -0.25) is 4.79 Å². The smallest absolute Gasteiger partial charge is 0.254 e. The molecule has 0 aromatic carbocycles. The third-order valence-electron chi connectivity index (χ3n) is 5.74. The molecule has 1 saturated heterocycles. The Bertz CT molecular complexity index is 655. The van der Waals surface area contributed by atoms with E-state index in [1.165, 1.54) is 42.9 Å². The van der Waals surface area contributed by atoms with Gasteiger partial charge in [0, 0.05) is 23.1 Å². The summed E-state index contributed by atoms with van der Waals surface area (Å²) in [6, 6.07) is 0.383. The molecule has 0 aromatic heterocycles. The van der Waals surface area contributed by atoms with Crippen LogP contribution in [-0.2, 0) is 4.79 Å². The molecule has 0 N–H and O–H groups in total. The zero-order valence-corrected chi connectivity index (χ0v) is 15.9. The van der Waals surface area contributed by atoms with E-state index in [0.717, 1.165) is 17.6 Å². The highest BCUT2D eigenvalue weighted by Gasteiger charge is 2.53. The molecule has 1 amide bonds. The molecule has 2 fully saturated rings. The SMILES string of the molecule is C=C/C=C\C1=C(C)C(=O)N2C1=CC1(SCCCS1)[C@@H]1CCCC[C@H]12. The first-order valence-corrected chi connectivity index (χ1v) is 11.0. The van der Waals surface area contributed by atoms with Crippen LogP contribution in [0.15, 0.2) is 47.7 Å². The summed E-state index contributed by atoms with van der Waals surface area (Å²) in [7, 11) is 0. The van der Waals surface area contributed by atoms with Crippen molar-refractivity contribution in [3.63, 3.8) is 0 Å². The molecule has 1 saturated carbocycles. The first kappa shape index (κ1) is 16.6. The second kappa shape index (κ2) is 6.45. The summed E-state index contributed by atoms with van der Waals surface area (Å²) in [5, 5.41) is 0. The van der Waals surface area contributed by atoms with Crippen LogP contribution >= 0.6 is 23.5 Å². The van der Waals surface area contributed by atoms with Crippen LogP contribution in [0.4, 0.5) is 0 Å². The van der Waals surface area contributed by atoms with Crippen LogP contribution in [0.5, 0.6) is 0 Å². The number of amides is 1. The van der Waals surface area contributed by atoms with Crippen molar-refractivity contribution in [2.75, 3.05) is 11.5 Å². The van der Waals surface area contributed by atoms with Crippen LogP contribution in [0, 0.1) is 5.92 Å². The number of carbonyl (C=O) groups excluding carboxylic acids is 1. The average molecular weight is 360 g/mol. The van der Waals surface area contributed by atoms with Gasteiger partial charge >= 0.3 is 0 Å². The van der Waals surface area contributed by atoms with Gasteiger partial charge in [0.05, 0.1) is 9.78 Å². The number of carbonyl (C=O) groups is 1. The molecule has 2 atom stereocenters. The third-order valence-corrected chi connectivity index (χ3v) is 9.17. The summed E-state index contributed by atoms with van der Waals surface area (Å²) < 4.78 is 0.174. The minimum atomic E-state index is 0.174. The summed E-state index contributed by atoms with van der Waals surface area (Å²) in [4.78, 5) is 15.1. The second-order valence-corrected chi connectivity index (χ2v) is 10.1. The van der Waals surface area contributed by atoms with Gasteiger partial charge in [0.2, 0.25) is 0 Å². The Kier molecular flexibility index (Phi) is 4.46. The Morgan fingerprint density at radius 3 is 2.75 bits per heavy atom. The van der Waals surface area contributed by atoms with Crippen LogP contribution in [0.2, 0.25) is 0 Å². The minimum absolute atomic E-state index is 0.174. The highest BCUT2D eigenvalue weighted by Crippen LogP contribution is 2.58. The van der Waals surface area contributed by atoms with E-state index < -0.39 is 0 Å². The Morgan fingerprint density at radius 2 is 2.00 bits per heavy atom. The molecule has 4 aliphatic rings. The Labute approximate surface area is 153 Å². The predicted molar refractivity (Wildman–Crippen MR) is 105 cm³/mol. The van der Waals surface area contributed by atoms with Crippen molar-refractivity contribution in [2.24, 2.45) is 5.92 Å². The molecule has 4 heteroatoms. The zero-order valence-electron chi connectivity index (χ0n) is 14.3. The van der Waals surface area contributed by atoms with Crippen molar-refractivity contribution in [3.8, 4) is 0 Å². The third kappa shape index (κ3) is 2.45. The molecule has 3 heterocycles. The van der Waals surface area contributed by atoms with Crippen molar-refractivity contribution in [2.45, 2.75) is 49.1 Å². The summed E-state index contributed by atoms with van der Waals surface area (Å²) in [6.07, 6.45) is 14.5. The fraction of sp³-hybridized carbons (Fsp3) is 0.550. The monoisotopic (exact) mass is 359 g/mol. The molecule has 128 valence electrons. The van der Waals surface area contributed by atoms with Crippen molar-refractivity contribution < 1.29 is 4.79 Å². The number of hydrogen-bond donors (Lipinski definition) is 0. The highest BCUT2D eigenvalue weighted by molar-refractivity contribution is 8.19. The largest absolute Gasteiger partial charge is 0.305 e. The molecule has 2 nitrogen and oxygen atoms in total. The van der Waals surface area contributed by atoms with E-state index in [9.17, 15) is 4.79 Å². The maximum atomic E-state index is 13.0. The average Bonchev–Trinajstić information content (AvgIpc) is 2.85. The van der Waals surface area contributed by atoms with Crippen molar-refractivity contribution in [1.82, 2.24) is 4.90 Å². The van der Waals surface area contributed by atoms with Crippen molar-refractivity contribution >= 4 is 29.4 Å². The predicted octanol–water partition coefficient (Wildman–Crippen LogP) is 4.91. The van der Waals surface area contributed by atoms with Gasteiger partial charge in [0.1, 0.15) is 0 Å². The standard InChI is InChI=1S/C20H25NOS2/c1-3-4-8-15-14(2)19(22)21-17-10-6-5-9-16(17)20(13-18(15)21)23-11-7-12-24-20/h3-4,8,13,16-17H,1,5-7,9-12H2,2H3/b8-4-/t16-,17-/m1/s1. The lowest BCUT2D eigenvalue weighted by Crippen LogP contribution is -2.54. The Balaban J connectivity index is 1.83. The van der Waals surface area contributed by atoms with Crippen LogP contribution in [0.3, 0.4) is 0 Å². The van der Waals surface area contributed by atoms with Crippen molar-refractivity contribution in [1.29, 1.82) is 0 Å². The minimum Gasteiger partial charge on any atom is -0.305 e. The molecule has 1 aliphatic carbocycles. The zero-order chi connectivity index (χ0) is 16.7. The van der Waals surface area contributed by atoms with Crippen LogP contribution < -0.4 is 0 Å². The lowest BCUT2D eigenvalue weighted by Gasteiger charge is -2.52. The van der Waals surface area contributed by atoms with Crippen LogP contribution in [-0.4, -0.2) is 32.4 Å². The molecule has 3 aliphatic heterocycles. The first-order chi connectivity index (χ1) is 11.7. The lowest BCUT2D eigenvalue weighted by molar-refractivity contribution is -0.128. The number of fused-ring (bicyclic) bond motifs is 4. The lowest BCUT2D eigenvalue weighted by atomic mass is 9.78. The first-order valence-electron chi connectivity index (χ1n) is 9.02. The number of rotatable bonds is 2. The topological polar surface area (TPSA) is 20.3 Å². The summed E-state index contributed by atoms with van der Waals surface area (Å²) >= 11 is 4.26. The van der Waals surface area contributed by atoms with E-state index in [1.807, 2.05) is 13.0 Å². The van der Waals surface area contributed by atoms with Gasteiger partial charge in [-0.05, 0) is 43.8 Å². The Hall–Kier alpha value is -0.870. The van der Waals surface area contributed by atoms with Gasteiger partial charge in [-0.1, -0.05) is 37.6 Å². The number of nitrogens with zero attached hydrogens (tertiary/aromatic N) is 1. The summed E-state index contributed by atoms with van der Waals surface area (Å²) in [5.41, 5.74) is 3.17. The highest BCUT2D eigenvalue weighted by atomic mass is 32.2. The van der Waals surface area contributed by atoms with E-state index in [2.05, 4.69) is 47.2 Å². The van der Waals surface area contributed by atoms with E-state index in [4.69, 9.17) is 0 Å². The number of thioether (sulfide) groups is 2. The number of hydrogen-bond acceptors (Lipinski definition) is 3. The molecule has 1 spiro atoms. The van der Waals surface area contributed by atoms with Gasteiger partial charge < -0.3 is 4.90 Å². The number of allylic oxidation sites excluding steroid dienone is 3. The van der Waals surface area contributed by atoms with Crippen LogP contribution in [0.1, 0.15) is 39.0 Å². The fourth-order valence-corrected chi connectivity index (χ4v) is 8.23. The summed E-state index contributed by atoms with van der Waals surface area (Å²) in [5.74, 6) is 3.32. The maximum absolute atomic E-state index is 13.0. The molecule has 0 radical (unpaired) electrons. The molecule has 0 unspecified atom stereocenters. The van der Waals surface area contributed by atoms with E-state index in [1.54, 1.807) is 6.08 Å². The maximum Gasteiger partial charge on any atom is 0.254 e. The van der Waals surface area contributed by atoms with E-state index in [0.29, 0.717) is 12.0 Å². The Morgan fingerprint density at radius 1 is 1.25 bits per heavy atom. The fourth-order valence-electron chi connectivity index (χ4n) is 4.63. The molecular weight excluding hydrogens is 334 g/mol. The quantitative estimate of drug-likeness (QED) is 0.653. The van der Waals surface area contributed by atoms with Gasteiger partial charge in [0.25, 0.3) is 5.91 Å². The molecule has 4 rings (SSSR count). The van der Waals surface area contributed by atoms with Crippen LogP contribution in [0.25, 0.3) is 0 Å². The van der Waals surface area contributed by atoms with Gasteiger partial charge in [0.15, 0.2) is 0 Å². The molecule has 0 bridgehead atoms. The normalized spacial score (nSPS) is 32.1.